The molecule has 1 aliphatic rings. The third-order valence-electron chi connectivity index (χ3n) is 2.67. The summed E-state index contributed by atoms with van der Waals surface area (Å²) in [6, 6.07) is 9.44. The van der Waals surface area contributed by atoms with Crippen LogP contribution in [0, 0.1) is 17.2 Å². The second-order valence-electron chi connectivity index (χ2n) is 3.75. The number of hydrogen-bond acceptors (Lipinski definition) is 2. The van der Waals surface area contributed by atoms with Crippen LogP contribution in [-0.2, 0) is 0 Å². The molecular weight excluding hydrogens is 174 g/mol. The lowest BCUT2D eigenvalue weighted by Crippen LogP contribution is -2.19. The van der Waals surface area contributed by atoms with Gasteiger partial charge < -0.3 is 4.74 Å². The molecule has 2 nitrogen and oxygen atoms in total. The Labute approximate surface area is 84.1 Å². The van der Waals surface area contributed by atoms with Crippen LogP contribution < -0.4 is 4.74 Å². The van der Waals surface area contributed by atoms with Crippen LogP contribution in [0.25, 0.3) is 0 Å². The van der Waals surface area contributed by atoms with Gasteiger partial charge in [0.2, 0.25) is 0 Å². The maximum atomic E-state index is 8.69. The fraction of sp³-hybridized carbons (Fsp3) is 0.417. The van der Waals surface area contributed by atoms with Crippen molar-refractivity contribution in [1.82, 2.24) is 0 Å². The van der Waals surface area contributed by atoms with Gasteiger partial charge in [-0.25, -0.2) is 0 Å². The molecule has 1 aliphatic carbocycles. The zero-order valence-corrected chi connectivity index (χ0v) is 8.07. The lowest BCUT2D eigenvalue weighted by molar-refractivity contribution is 0.180. The predicted molar refractivity (Wildman–Crippen MR) is 54.0 cm³/mol. The number of benzene rings is 1. The van der Waals surface area contributed by atoms with Crippen LogP contribution in [-0.4, -0.2) is 6.61 Å². The van der Waals surface area contributed by atoms with Crippen LogP contribution in [0.4, 0.5) is 0 Å². The van der Waals surface area contributed by atoms with E-state index in [0.29, 0.717) is 5.56 Å². The van der Waals surface area contributed by atoms with E-state index in [1.807, 2.05) is 12.1 Å². The molecule has 0 amide bonds. The summed E-state index contributed by atoms with van der Waals surface area (Å²) in [4.78, 5) is 0. The number of ether oxygens (including phenoxy) is 1. The summed E-state index contributed by atoms with van der Waals surface area (Å²) >= 11 is 0. The monoisotopic (exact) mass is 187 g/mol. The Bertz CT molecular complexity index is 350. The number of rotatable bonds is 3. The molecule has 0 bridgehead atoms. The van der Waals surface area contributed by atoms with Crippen molar-refractivity contribution in [3.05, 3.63) is 29.8 Å². The summed E-state index contributed by atoms with van der Waals surface area (Å²) in [5.41, 5.74) is 0.663. The third-order valence-corrected chi connectivity index (χ3v) is 2.67. The summed E-state index contributed by atoms with van der Waals surface area (Å²) < 4.78 is 5.60. The lowest BCUT2D eigenvalue weighted by Gasteiger charge is -2.25. The Morgan fingerprint density at radius 2 is 2.29 bits per heavy atom. The zero-order valence-electron chi connectivity index (χ0n) is 8.07. The quantitative estimate of drug-likeness (QED) is 0.728. The van der Waals surface area contributed by atoms with Crippen LogP contribution >= 0.6 is 0 Å². The summed E-state index contributed by atoms with van der Waals surface area (Å²) in [7, 11) is 0. The maximum absolute atomic E-state index is 8.69. The van der Waals surface area contributed by atoms with E-state index in [9.17, 15) is 0 Å². The van der Waals surface area contributed by atoms with Gasteiger partial charge in [0.25, 0.3) is 0 Å². The van der Waals surface area contributed by atoms with Crippen molar-refractivity contribution in [2.24, 2.45) is 5.92 Å². The summed E-state index contributed by atoms with van der Waals surface area (Å²) in [5.74, 6) is 1.55. The molecule has 0 unspecified atom stereocenters. The Morgan fingerprint density at radius 3 is 2.93 bits per heavy atom. The number of nitriles is 1. The molecule has 1 aromatic carbocycles. The highest BCUT2D eigenvalue weighted by molar-refractivity contribution is 5.36. The minimum Gasteiger partial charge on any atom is -0.493 e. The van der Waals surface area contributed by atoms with Gasteiger partial charge in [0.05, 0.1) is 18.2 Å². The molecule has 0 radical (unpaired) electrons. The topological polar surface area (TPSA) is 33.0 Å². The fourth-order valence-corrected chi connectivity index (χ4v) is 1.53. The van der Waals surface area contributed by atoms with E-state index in [0.717, 1.165) is 18.3 Å². The average Bonchev–Trinajstić information content (AvgIpc) is 2.16. The van der Waals surface area contributed by atoms with E-state index in [4.69, 9.17) is 10.00 Å². The number of hydrogen-bond donors (Lipinski definition) is 0. The van der Waals surface area contributed by atoms with Crippen LogP contribution in [0.3, 0.4) is 0 Å². The van der Waals surface area contributed by atoms with Gasteiger partial charge >= 0.3 is 0 Å². The third kappa shape index (κ3) is 2.05. The normalized spacial score (nSPS) is 15.6. The fourth-order valence-electron chi connectivity index (χ4n) is 1.53. The molecule has 1 aromatic rings. The Morgan fingerprint density at radius 1 is 1.43 bits per heavy atom. The van der Waals surface area contributed by atoms with Crippen molar-refractivity contribution >= 4 is 0 Å². The molecule has 0 aromatic heterocycles. The maximum Gasteiger partial charge on any atom is 0.120 e. The van der Waals surface area contributed by atoms with Crippen molar-refractivity contribution in [3.8, 4) is 11.8 Å². The van der Waals surface area contributed by atoms with Gasteiger partial charge in [-0.3, -0.25) is 0 Å². The standard InChI is InChI=1S/C12H13NO/c13-8-11-5-2-6-12(7-11)14-9-10-3-1-4-10/h2,5-7,10H,1,3-4,9H2. The molecule has 0 heterocycles. The molecule has 0 saturated heterocycles. The van der Waals surface area contributed by atoms with E-state index in [1.165, 1.54) is 19.3 Å². The highest BCUT2D eigenvalue weighted by atomic mass is 16.5. The highest BCUT2D eigenvalue weighted by Gasteiger charge is 2.17. The second-order valence-corrected chi connectivity index (χ2v) is 3.75. The minimum atomic E-state index is 0.663. The van der Waals surface area contributed by atoms with E-state index in [1.54, 1.807) is 12.1 Å². The molecule has 0 N–H and O–H groups in total. The Kier molecular flexibility index (Phi) is 2.69. The Balaban J connectivity index is 1.91. The van der Waals surface area contributed by atoms with Crippen LogP contribution in [0.1, 0.15) is 24.8 Å². The van der Waals surface area contributed by atoms with Gasteiger partial charge in [-0.05, 0) is 37.0 Å². The number of nitrogens with zero attached hydrogens (tertiary/aromatic N) is 1. The van der Waals surface area contributed by atoms with Gasteiger partial charge in [-0.1, -0.05) is 12.5 Å². The van der Waals surface area contributed by atoms with Gasteiger partial charge in [-0.15, -0.1) is 0 Å². The van der Waals surface area contributed by atoms with E-state index in [-0.39, 0.29) is 0 Å². The average molecular weight is 187 g/mol. The van der Waals surface area contributed by atoms with Gasteiger partial charge in [0.1, 0.15) is 5.75 Å². The van der Waals surface area contributed by atoms with Crippen LogP contribution in [0.15, 0.2) is 24.3 Å². The molecular formula is C12H13NO. The zero-order chi connectivity index (χ0) is 9.80. The largest absolute Gasteiger partial charge is 0.493 e. The van der Waals surface area contributed by atoms with Crippen LogP contribution in [0.2, 0.25) is 0 Å². The first kappa shape index (κ1) is 9.08. The lowest BCUT2D eigenvalue weighted by atomic mass is 9.86. The van der Waals surface area contributed by atoms with E-state index < -0.39 is 0 Å². The van der Waals surface area contributed by atoms with Crippen molar-refractivity contribution < 1.29 is 4.74 Å². The molecule has 0 aliphatic heterocycles. The van der Waals surface area contributed by atoms with Gasteiger partial charge in [-0.2, -0.15) is 5.26 Å². The molecule has 1 saturated carbocycles. The first-order valence-electron chi connectivity index (χ1n) is 5.01. The molecule has 2 heteroatoms. The van der Waals surface area contributed by atoms with Gasteiger partial charge in [0.15, 0.2) is 0 Å². The van der Waals surface area contributed by atoms with Crippen LogP contribution in [0.5, 0.6) is 5.75 Å². The molecule has 2 rings (SSSR count). The summed E-state index contributed by atoms with van der Waals surface area (Å²) in [6.45, 7) is 0.800. The minimum absolute atomic E-state index is 0.663. The first-order chi connectivity index (χ1) is 6.88. The van der Waals surface area contributed by atoms with E-state index >= 15 is 0 Å². The molecule has 1 fully saturated rings. The van der Waals surface area contributed by atoms with Crippen molar-refractivity contribution in [1.29, 1.82) is 5.26 Å². The smallest absolute Gasteiger partial charge is 0.120 e. The van der Waals surface area contributed by atoms with E-state index in [2.05, 4.69) is 6.07 Å². The van der Waals surface area contributed by atoms with Crippen molar-refractivity contribution in [2.45, 2.75) is 19.3 Å². The summed E-state index contributed by atoms with van der Waals surface area (Å²) in [5, 5.41) is 8.69. The van der Waals surface area contributed by atoms with Crippen molar-refractivity contribution in [2.75, 3.05) is 6.61 Å². The SMILES string of the molecule is N#Cc1cccc(OCC2CCC2)c1. The molecule has 0 spiro atoms. The molecule has 72 valence electrons. The predicted octanol–water partition coefficient (Wildman–Crippen LogP) is 2.74. The molecule has 14 heavy (non-hydrogen) atoms. The second kappa shape index (κ2) is 4.15. The molecule has 0 atom stereocenters. The summed E-state index contributed by atoms with van der Waals surface area (Å²) in [6.07, 6.45) is 3.92. The Hall–Kier alpha value is -1.49. The van der Waals surface area contributed by atoms with Gasteiger partial charge in [0, 0.05) is 0 Å². The van der Waals surface area contributed by atoms with Crippen molar-refractivity contribution in [3.63, 3.8) is 0 Å². The highest BCUT2D eigenvalue weighted by Crippen LogP contribution is 2.27. The first-order valence-corrected chi connectivity index (χ1v) is 5.01.